The Bertz CT molecular complexity index is 151. The van der Waals surface area contributed by atoms with Crippen molar-refractivity contribution in [3.63, 3.8) is 0 Å². The molecule has 64 valence electrons. The molecule has 0 rings (SSSR count). The molecule has 0 aliphatic rings. The van der Waals surface area contributed by atoms with Gasteiger partial charge in [0.1, 0.15) is 0 Å². The second-order valence-corrected chi connectivity index (χ2v) is 3.45. The summed E-state index contributed by atoms with van der Waals surface area (Å²) in [6, 6.07) is 0. The number of esters is 1. The molecule has 0 spiro atoms. The summed E-state index contributed by atoms with van der Waals surface area (Å²) in [6.07, 6.45) is 3.31. The van der Waals surface area contributed by atoms with Gasteiger partial charge in [-0.15, -0.1) is 0 Å². The summed E-state index contributed by atoms with van der Waals surface area (Å²) in [6.45, 7) is 8.32. The first-order valence-corrected chi connectivity index (χ1v) is 3.81. The van der Waals surface area contributed by atoms with Crippen LogP contribution in [0.15, 0.2) is 12.2 Å². The van der Waals surface area contributed by atoms with Gasteiger partial charge in [-0.1, -0.05) is 26.8 Å². The minimum Gasteiger partial charge on any atom is -0.463 e. The molecular formula is C9H16O2. The maximum Gasteiger partial charge on any atom is 0.330 e. The zero-order valence-corrected chi connectivity index (χ0v) is 7.68. The number of carbonyl (C=O) groups excluding carboxylic acids is 1. The predicted octanol–water partition coefficient (Wildman–Crippen LogP) is 2.15. The van der Waals surface area contributed by atoms with Crippen molar-refractivity contribution in [2.75, 3.05) is 6.61 Å². The Kier molecular flexibility index (Phi) is 3.86. The Morgan fingerprint density at radius 1 is 1.45 bits per heavy atom. The van der Waals surface area contributed by atoms with Crippen LogP contribution in [0.2, 0.25) is 0 Å². The Morgan fingerprint density at radius 3 is 2.36 bits per heavy atom. The van der Waals surface area contributed by atoms with Crippen LogP contribution in [0.5, 0.6) is 0 Å². The molecule has 0 unspecified atom stereocenters. The monoisotopic (exact) mass is 156 g/mol. The third kappa shape index (κ3) is 7.10. The van der Waals surface area contributed by atoms with Crippen LogP contribution in [-0.4, -0.2) is 12.6 Å². The van der Waals surface area contributed by atoms with E-state index in [1.54, 1.807) is 6.92 Å². The predicted molar refractivity (Wildman–Crippen MR) is 45.2 cm³/mol. The molecule has 0 aromatic carbocycles. The molecule has 0 saturated carbocycles. The molecule has 0 atom stereocenters. The molecule has 2 nitrogen and oxygen atoms in total. The second kappa shape index (κ2) is 4.16. The van der Waals surface area contributed by atoms with Crippen molar-refractivity contribution < 1.29 is 9.53 Å². The highest BCUT2D eigenvalue weighted by Crippen LogP contribution is 2.14. The maximum atomic E-state index is 10.8. The Balaban J connectivity index is 3.83. The van der Waals surface area contributed by atoms with Crippen molar-refractivity contribution in [2.45, 2.75) is 27.7 Å². The summed E-state index contributed by atoms with van der Waals surface area (Å²) in [7, 11) is 0. The molecule has 0 aromatic rings. The molecule has 0 N–H and O–H groups in total. The molecular weight excluding hydrogens is 140 g/mol. The van der Waals surface area contributed by atoms with E-state index >= 15 is 0 Å². The number of allylic oxidation sites excluding steroid dienone is 1. The number of rotatable bonds is 2. The van der Waals surface area contributed by atoms with Crippen LogP contribution >= 0.6 is 0 Å². The van der Waals surface area contributed by atoms with E-state index in [-0.39, 0.29) is 11.4 Å². The van der Waals surface area contributed by atoms with Gasteiger partial charge in [-0.25, -0.2) is 4.79 Å². The minimum atomic E-state index is -0.262. The van der Waals surface area contributed by atoms with Gasteiger partial charge >= 0.3 is 5.97 Å². The minimum absolute atomic E-state index is 0.0484. The summed E-state index contributed by atoms with van der Waals surface area (Å²) in [5.74, 6) is -0.262. The second-order valence-electron chi connectivity index (χ2n) is 3.45. The Hall–Kier alpha value is -0.790. The van der Waals surface area contributed by atoms with E-state index < -0.39 is 0 Å². The quantitative estimate of drug-likeness (QED) is 0.452. The van der Waals surface area contributed by atoms with Gasteiger partial charge in [-0.3, -0.25) is 0 Å². The third-order valence-corrected chi connectivity index (χ3v) is 1.01. The summed E-state index contributed by atoms with van der Waals surface area (Å²) in [5, 5.41) is 0. The van der Waals surface area contributed by atoms with Crippen LogP contribution in [-0.2, 0) is 9.53 Å². The number of carbonyl (C=O) groups is 1. The topological polar surface area (TPSA) is 26.3 Å². The number of hydrogen-bond acceptors (Lipinski definition) is 2. The lowest BCUT2D eigenvalue weighted by atomic mass is 9.96. The van der Waals surface area contributed by atoms with Crippen molar-refractivity contribution in [2.24, 2.45) is 5.41 Å². The average Bonchev–Trinajstić information content (AvgIpc) is 1.83. The van der Waals surface area contributed by atoms with Gasteiger partial charge in [0, 0.05) is 6.08 Å². The highest BCUT2D eigenvalue weighted by Gasteiger charge is 2.05. The van der Waals surface area contributed by atoms with Crippen molar-refractivity contribution in [1.29, 1.82) is 0 Å². The van der Waals surface area contributed by atoms with E-state index in [0.29, 0.717) is 6.61 Å². The third-order valence-electron chi connectivity index (χ3n) is 1.01. The first-order valence-electron chi connectivity index (χ1n) is 3.81. The van der Waals surface area contributed by atoms with Gasteiger partial charge in [0.05, 0.1) is 6.61 Å². The highest BCUT2D eigenvalue weighted by molar-refractivity contribution is 5.81. The lowest BCUT2D eigenvalue weighted by molar-refractivity contribution is -0.137. The van der Waals surface area contributed by atoms with Crippen LogP contribution in [0.3, 0.4) is 0 Å². The maximum absolute atomic E-state index is 10.8. The largest absolute Gasteiger partial charge is 0.463 e. The first kappa shape index (κ1) is 10.2. The molecule has 0 bridgehead atoms. The molecule has 0 heterocycles. The van der Waals surface area contributed by atoms with Gasteiger partial charge in [0.15, 0.2) is 0 Å². The van der Waals surface area contributed by atoms with E-state index in [1.807, 2.05) is 26.8 Å². The van der Waals surface area contributed by atoms with Gasteiger partial charge < -0.3 is 4.74 Å². The fraction of sp³-hybridized carbons (Fsp3) is 0.667. The Labute approximate surface area is 68.2 Å². The van der Waals surface area contributed by atoms with Crippen molar-refractivity contribution in [1.82, 2.24) is 0 Å². The van der Waals surface area contributed by atoms with E-state index in [4.69, 9.17) is 4.74 Å². The Morgan fingerprint density at radius 2 is 2.00 bits per heavy atom. The number of hydrogen-bond donors (Lipinski definition) is 0. The van der Waals surface area contributed by atoms with Crippen LogP contribution in [0.4, 0.5) is 0 Å². The molecule has 0 aliphatic heterocycles. The van der Waals surface area contributed by atoms with Crippen molar-refractivity contribution in [3.8, 4) is 0 Å². The van der Waals surface area contributed by atoms with E-state index in [2.05, 4.69) is 0 Å². The zero-order valence-electron chi connectivity index (χ0n) is 7.68. The van der Waals surface area contributed by atoms with Crippen LogP contribution in [0.25, 0.3) is 0 Å². The average molecular weight is 156 g/mol. The van der Waals surface area contributed by atoms with Crippen molar-refractivity contribution >= 4 is 5.97 Å². The standard InChI is InChI=1S/C9H16O2/c1-5-11-8(10)6-7-9(2,3)4/h6-7H,5H2,1-4H3. The van der Waals surface area contributed by atoms with E-state index in [9.17, 15) is 4.79 Å². The van der Waals surface area contributed by atoms with E-state index in [1.165, 1.54) is 6.08 Å². The highest BCUT2D eigenvalue weighted by atomic mass is 16.5. The van der Waals surface area contributed by atoms with Gasteiger partial charge in [-0.2, -0.15) is 0 Å². The van der Waals surface area contributed by atoms with Gasteiger partial charge in [-0.05, 0) is 12.3 Å². The summed E-state index contributed by atoms with van der Waals surface area (Å²) >= 11 is 0. The molecule has 0 saturated heterocycles. The normalized spacial score (nSPS) is 12.0. The summed E-state index contributed by atoms with van der Waals surface area (Å²) in [4.78, 5) is 10.8. The summed E-state index contributed by atoms with van der Waals surface area (Å²) in [5.41, 5.74) is 0.0484. The van der Waals surface area contributed by atoms with Crippen LogP contribution in [0.1, 0.15) is 27.7 Å². The molecule has 0 radical (unpaired) electrons. The number of ether oxygens (including phenoxy) is 1. The lowest BCUT2D eigenvalue weighted by Crippen LogP contribution is -2.04. The SMILES string of the molecule is CCOC(=O)C=CC(C)(C)C. The fourth-order valence-corrected chi connectivity index (χ4v) is 0.508. The van der Waals surface area contributed by atoms with Gasteiger partial charge in [0.2, 0.25) is 0 Å². The molecule has 11 heavy (non-hydrogen) atoms. The van der Waals surface area contributed by atoms with Crippen LogP contribution in [0, 0.1) is 5.41 Å². The molecule has 0 aromatic heterocycles. The summed E-state index contributed by atoms with van der Waals surface area (Å²) < 4.78 is 4.71. The fourth-order valence-electron chi connectivity index (χ4n) is 0.508. The zero-order chi connectivity index (χ0) is 8.91. The van der Waals surface area contributed by atoms with E-state index in [0.717, 1.165) is 0 Å². The lowest BCUT2D eigenvalue weighted by Gasteiger charge is -2.10. The molecule has 2 heteroatoms. The van der Waals surface area contributed by atoms with Crippen molar-refractivity contribution in [3.05, 3.63) is 12.2 Å². The molecule has 0 aliphatic carbocycles. The smallest absolute Gasteiger partial charge is 0.330 e. The van der Waals surface area contributed by atoms with Crippen LogP contribution < -0.4 is 0 Å². The first-order chi connectivity index (χ1) is 4.95. The molecule has 0 fully saturated rings. The molecule has 0 amide bonds. The van der Waals surface area contributed by atoms with Gasteiger partial charge in [0.25, 0.3) is 0 Å².